The smallest absolute Gasteiger partial charge is 0.414 e. The van der Waals surface area contributed by atoms with Gasteiger partial charge in [0.25, 0.3) is 0 Å². The summed E-state index contributed by atoms with van der Waals surface area (Å²) in [5.74, 6) is -0.596. The maximum absolute atomic E-state index is 14.8. The number of ether oxygens (including phenoxy) is 1. The van der Waals surface area contributed by atoms with E-state index in [1.807, 2.05) is 11.8 Å². The molecular formula is C20H23FN4O3. The van der Waals surface area contributed by atoms with E-state index in [1.54, 1.807) is 12.1 Å². The lowest BCUT2D eigenvalue weighted by atomic mass is 10.0. The van der Waals surface area contributed by atoms with Crippen LogP contribution in [0.5, 0.6) is 0 Å². The summed E-state index contributed by atoms with van der Waals surface area (Å²) in [6.07, 6.45) is 0.485. The maximum atomic E-state index is 14.8. The molecule has 3 rings (SSSR count). The van der Waals surface area contributed by atoms with Gasteiger partial charge in [0.2, 0.25) is 5.91 Å². The quantitative estimate of drug-likeness (QED) is 0.808. The van der Waals surface area contributed by atoms with Gasteiger partial charge >= 0.3 is 6.09 Å². The molecule has 0 saturated carbocycles. The molecule has 0 bridgehead atoms. The number of benzene rings is 1. The number of anilines is 2. The summed E-state index contributed by atoms with van der Waals surface area (Å²) in [6, 6.07) is 4.72. The first-order valence-corrected chi connectivity index (χ1v) is 9.22. The lowest BCUT2D eigenvalue weighted by Gasteiger charge is -2.31. The Kier molecular flexibility index (Phi) is 5.83. The van der Waals surface area contributed by atoms with Crippen molar-refractivity contribution < 1.29 is 18.7 Å². The molecule has 148 valence electrons. The van der Waals surface area contributed by atoms with Gasteiger partial charge in [0.15, 0.2) is 5.70 Å². The van der Waals surface area contributed by atoms with Gasteiger partial charge in [-0.3, -0.25) is 9.69 Å². The number of carbonyl (C=O) groups is 2. The number of cyclic esters (lactones) is 1. The highest BCUT2D eigenvalue weighted by Gasteiger charge is 2.33. The van der Waals surface area contributed by atoms with Gasteiger partial charge in [-0.1, -0.05) is 5.57 Å². The number of hydrogen-bond acceptors (Lipinski definition) is 4. The van der Waals surface area contributed by atoms with Gasteiger partial charge in [-0.15, -0.1) is 0 Å². The Hall–Kier alpha value is -3.08. The third-order valence-corrected chi connectivity index (χ3v) is 5.08. The summed E-state index contributed by atoms with van der Waals surface area (Å²) in [5.41, 5.74) is 2.79. The second-order valence-electron chi connectivity index (χ2n) is 6.98. The van der Waals surface area contributed by atoms with E-state index < -0.39 is 18.0 Å². The fourth-order valence-corrected chi connectivity index (χ4v) is 3.47. The Morgan fingerprint density at radius 3 is 2.68 bits per heavy atom. The monoisotopic (exact) mass is 386 g/mol. The van der Waals surface area contributed by atoms with Crippen LogP contribution in [0.1, 0.15) is 26.7 Å². The van der Waals surface area contributed by atoms with Crippen LogP contribution in [0, 0.1) is 12.4 Å². The van der Waals surface area contributed by atoms with Gasteiger partial charge in [0, 0.05) is 20.0 Å². The van der Waals surface area contributed by atoms with Crippen molar-refractivity contribution in [3.63, 3.8) is 0 Å². The van der Waals surface area contributed by atoms with Crippen molar-refractivity contribution in [1.29, 1.82) is 0 Å². The van der Waals surface area contributed by atoms with Crippen LogP contribution in [-0.4, -0.2) is 44.3 Å². The molecule has 2 amide bonds. The van der Waals surface area contributed by atoms with Crippen LogP contribution in [0.25, 0.3) is 4.85 Å². The van der Waals surface area contributed by atoms with Crippen molar-refractivity contribution in [2.24, 2.45) is 0 Å². The summed E-state index contributed by atoms with van der Waals surface area (Å²) >= 11 is 0. The third kappa shape index (κ3) is 4.25. The summed E-state index contributed by atoms with van der Waals surface area (Å²) in [5, 5.41) is 2.61. The molecule has 2 aliphatic heterocycles. The second-order valence-corrected chi connectivity index (χ2v) is 6.98. The molecule has 2 fully saturated rings. The van der Waals surface area contributed by atoms with Crippen LogP contribution >= 0.6 is 0 Å². The highest BCUT2D eigenvalue weighted by atomic mass is 19.1. The van der Waals surface area contributed by atoms with Gasteiger partial charge in [-0.05, 0) is 38.0 Å². The first-order valence-electron chi connectivity index (χ1n) is 9.22. The molecular weight excluding hydrogens is 363 g/mol. The molecule has 7 nitrogen and oxygen atoms in total. The molecule has 1 atom stereocenters. The minimum Gasteiger partial charge on any atom is -0.442 e. The molecule has 8 heteroatoms. The van der Waals surface area contributed by atoms with Gasteiger partial charge in [-0.2, -0.15) is 0 Å². The molecule has 0 radical (unpaired) electrons. The van der Waals surface area contributed by atoms with E-state index in [4.69, 9.17) is 11.3 Å². The van der Waals surface area contributed by atoms with Crippen molar-refractivity contribution in [2.75, 3.05) is 36.0 Å². The zero-order valence-electron chi connectivity index (χ0n) is 16.0. The number of carbonyl (C=O) groups excluding carboxylic acids is 2. The van der Waals surface area contributed by atoms with E-state index in [0.717, 1.165) is 24.1 Å². The van der Waals surface area contributed by atoms with Crippen LogP contribution in [0.4, 0.5) is 20.6 Å². The number of allylic oxidation sites excluding steroid dienone is 1. The van der Waals surface area contributed by atoms with Gasteiger partial charge < -0.3 is 15.0 Å². The standard InChI is InChI=1S/C20H23FN4O3/c1-13(22-3)15-6-8-24(9-7-15)19-5-4-16(10-18(19)21)25-12-17(28-20(25)27)11-23-14(2)26/h4-5,10,17H,6-9,11-12H2,1-2H3,(H,23,26)/t17-/m0/s1. The number of piperidine rings is 1. The van der Waals surface area contributed by atoms with Gasteiger partial charge in [0.1, 0.15) is 11.9 Å². The lowest BCUT2D eigenvalue weighted by Crippen LogP contribution is -2.33. The van der Waals surface area contributed by atoms with E-state index in [-0.39, 0.29) is 19.0 Å². The predicted molar refractivity (Wildman–Crippen MR) is 103 cm³/mol. The minimum absolute atomic E-state index is 0.198. The van der Waals surface area contributed by atoms with E-state index in [2.05, 4.69) is 10.2 Å². The normalized spacial score (nSPS) is 19.3. The molecule has 0 spiro atoms. The zero-order chi connectivity index (χ0) is 20.3. The Balaban J connectivity index is 1.67. The van der Waals surface area contributed by atoms with Crippen LogP contribution in [0.15, 0.2) is 29.5 Å². The van der Waals surface area contributed by atoms with Gasteiger partial charge in [-0.25, -0.2) is 14.0 Å². The number of rotatable bonds is 4. The Bertz CT molecular complexity index is 851. The van der Waals surface area contributed by atoms with Crippen molar-refractivity contribution in [1.82, 2.24) is 5.32 Å². The fraction of sp³-hybridized carbons (Fsp3) is 0.450. The molecule has 28 heavy (non-hydrogen) atoms. The van der Waals surface area contributed by atoms with Crippen molar-refractivity contribution in [2.45, 2.75) is 32.8 Å². The van der Waals surface area contributed by atoms with E-state index in [9.17, 15) is 14.0 Å². The van der Waals surface area contributed by atoms with E-state index >= 15 is 0 Å². The fourth-order valence-electron chi connectivity index (χ4n) is 3.47. The topological polar surface area (TPSA) is 66.2 Å². The number of hydrogen-bond donors (Lipinski definition) is 1. The molecule has 2 heterocycles. The highest BCUT2D eigenvalue weighted by Crippen LogP contribution is 2.31. The largest absolute Gasteiger partial charge is 0.442 e. The van der Waals surface area contributed by atoms with Crippen LogP contribution in [0.2, 0.25) is 0 Å². The molecule has 1 aromatic carbocycles. The Labute approximate surface area is 163 Å². The number of halogens is 1. The summed E-state index contributed by atoms with van der Waals surface area (Å²) in [7, 11) is 0. The molecule has 1 N–H and O–H groups in total. The van der Waals surface area contributed by atoms with Crippen molar-refractivity contribution in [3.8, 4) is 0 Å². The zero-order valence-corrected chi connectivity index (χ0v) is 16.0. The lowest BCUT2D eigenvalue weighted by molar-refractivity contribution is -0.119. The number of nitrogens with one attached hydrogen (secondary N) is 1. The summed E-state index contributed by atoms with van der Waals surface area (Å²) in [4.78, 5) is 29.9. The summed E-state index contributed by atoms with van der Waals surface area (Å²) in [6.45, 7) is 12.1. The Morgan fingerprint density at radius 1 is 1.36 bits per heavy atom. The SMILES string of the molecule is [C-]#[N+]C(C)=C1CCN(c2ccc(N3C[C@H](CNC(C)=O)OC3=O)cc2F)CC1. The molecule has 0 aromatic heterocycles. The number of nitrogens with zero attached hydrogens (tertiary/aromatic N) is 3. The first kappa shape index (κ1) is 19.7. The van der Waals surface area contributed by atoms with Crippen LogP contribution in [0.3, 0.4) is 0 Å². The molecule has 1 aromatic rings. The van der Waals surface area contributed by atoms with E-state index in [0.29, 0.717) is 24.5 Å². The molecule has 0 unspecified atom stereocenters. The van der Waals surface area contributed by atoms with Crippen LogP contribution in [-0.2, 0) is 9.53 Å². The molecule has 2 aliphatic rings. The minimum atomic E-state index is -0.551. The Morgan fingerprint density at radius 2 is 2.07 bits per heavy atom. The molecule has 2 saturated heterocycles. The highest BCUT2D eigenvalue weighted by molar-refractivity contribution is 5.90. The van der Waals surface area contributed by atoms with Gasteiger partial charge in [0.05, 0.1) is 31.0 Å². The first-order chi connectivity index (χ1) is 13.4. The summed E-state index contributed by atoms with van der Waals surface area (Å²) < 4.78 is 20.0. The third-order valence-electron chi connectivity index (χ3n) is 5.08. The van der Waals surface area contributed by atoms with Crippen LogP contribution < -0.4 is 15.1 Å². The number of amides is 2. The molecule has 0 aliphatic carbocycles. The average molecular weight is 386 g/mol. The van der Waals surface area contributed by atoms with Crippen molar-refractivity contribution in [3.05, 3.63) is 46.7 Å². The average Bonchev–Trinajstić information content (AvgIpc) is 3.06. The van der Waals surface area contributed by atoms with E-state index in [1.165, 1.54) is 17.9 Å². The van der Waals surface area contributed by atoms with Crippen molar-refractivity contribution >= 4 is 23.4 Å². The maximum Gasteiger partial charge on any atom is 0.414 e. The predicted octanol–water partition coefficient (Wildman–Crippen LogP) is 3.08. The second kappa shape index (κ2) is 8.30.